The van der Waals surface area contributed by atoms with Crippen LogP contribution in [0, 0.1) is 13.8 Å². The molecule has 3 aromatic heterocycles. The smallest absolute Gasteiger partial charge is 0.273 e. The highest BCUT2D eigenvalue weighted by atomic mass is 32.2. The lowest BCUT2D eigenvalue weighted by Gasteiger charge is -2.00. The number of aromatic nitrogens is 7. The molecule has 12 heteroatoms. The zero-order valence-electron chi connectivity index (χ0n) is 15.4. The molecule has 1 aromatic carbocycles. The number of benzene rings is 1. The summed E-state index contributed by atoms with van der Waals surface area (Å²) in [4.78, 5) is 12.4. The van der Waals surface area contributed by atoms with Gasteiger partial charge < -0.3 is 5.32 Å². The minimum absolute atomic E-state index is 0.00270. The zero-order chi connectivity index (χ0) is 20.4. The normalized spacial score (nSPS) is 11.0. The SMILES string of the molecule is Cc1nn(SF)c(C)c1-n1cc(C(=O)NCc2nnc(-c3ccccc3)s2)nn1. The highest BCUT2D eigenvalue weighted by Crippen LogP contribution is 2.23. The molecule has 1 amide bonds. The van der Waals surface area contributed by atoms with Gasteiger partial charge in [0.15, 0.2) is 18.0 Å². The van der Waals surface area contributed by atoms with Crippen molar-refractivity contribution in [2.75, 3.05) is 0 Å². The number of aryl methyl sites for hydroxylation is 1. The van der Waals surface area contributed by atoms with Crippen LogP contribution >= 0.6 is 23.7 Å². The van der Waals surface area contributed by atoms with E-state index in [1.807, 2.05) is 30.3 Å². The number of nitrogens with one attached hydrogen (secondary N) is 1. The van der Waals surface area contributed by atoms with E-state index in [2.05, 4.69) is 30.9 Å². The first-order valence-corrected chi connectivity index (χ1v) is 10.00. The molecule has 0 atom stereocenters. The number of carbonyl (C=O) groups excluding carboxylic acids is 1. The van der Waals surface area contributed by atoms with Gasteiger partial charge in [-0.3, -0.25) is 4.79 Å². The maximum atomic E-state index is 12.9. The first-order chi connectivity index (χ1) is 14.1. The fourth-order valence-corrected chi connectivity index (χ4v) is 3.88. The molecule has 0 spiro atoms. The molecule has 9 nitrogen and oxygen atoms in total. The summed E-state index contributed by atoms with van der Waals surface area (Å²) >= 11 is 1.40. The minimum Gasteiger partial charge on any atom is -0.344 e. The Kier molecular flexibility index (Phi) is 5.36. The Labute approximate surface area is 173 Å². The zero-order valence-corrected chi connectivity index (χ0v) is 17.0. The molecule has 0 aliphatic carbocycles. The third-order valence-corrected chi connectivity index (χ3v) is 5.58. The fraction of sp³-hybridized carbons (Fsp3) is 0.176. The van der Waals surface area contributed by atoms with Gasteiger partial charge >= 0.3 is 0 Å². The topological polar surface area (TPSA) is 103 Å². The molecule has 0 fully saturated rings. The standard InChI is InChI=1S/C17H15FN8OS2/c1-10-15(11(2)26(23-10)29-18)25-9-13(20-24-25)16(27)19-8-14-21-22-17(28-14)12-6-4-3-5-7-12/h3-7,9H,8H2,1-2H3,(H,19,27). The first kappa shape index (κ1) is 19.2. The maximum Gasteiger partial charge on any atom is 0.273 e. The van der Waals surface area contributed by atoms with Crippen LogP contribution in [0.4, 0.5) is 3.89 Å². The largest absolute Gasteiger partial charge is 0.344 e. The number of amides is 1. The van der Waals surface area contributed by atoms with E-state index in [0.29, 0.717) is 22.1 Å². The van der Waals surface area contributed by atoms with Gasteiger partial charge in [-0.1, -0.05) is 46.9 Å². The van der Waals surface area contributed by atoms with E-state index in [1.165, 1.54) is 22.2 Å². The van der Waals surface area contributed by atoms with Gasteiger partial charge in [0.1, 0.15) is 15.7 Å². The van der Waals surface area contributed by atoms with Crippen LogP contribution in [-0.2, 0) is 6.54 Å². The van der Waals surface area contributed by atoms with Gasteiger partial charge in [0.2, 0.25) is 0 Å². The Morgan fingerprint density at radius 1 is 1.21 bits per heavy atom. The van der Waals surface area contributed by atoms with Crippen LogP contribution in [0.1, 0.15) is 26.9 Å². The Bertz CT molecular complexity index is 1150. The molecule has 0 saturated heterocycles. The lowest BCUT2D eigenvalue weighted by molar-refractivity contribution is 0.0945. The van der Waals surface area contributed by atoms with Crippen molar-refractivity contribution in [3.8, 4) is 16.3 Å². The summed E-state index contributed by atoms with van der Waals surface area (Å²) < 4.78 is 15.5. The number of hydrogen-bond donors (Lipinski definition) is 1. The van der Waals surface area contributed by atoms with E-state index >= 15 is 0 Å². The van der Waals surface area contributed by atoms with Crippen LogP contribution in [0.15, 0.2) is 36.5 Å². The highest BCUT2D eigenvalue weighted by Gasteiger charge is 2.18. The molecule has 0 radical (unpaired) electrons. The summed E-state index contributed by atoms with van der Waals surface area (Å²) in [5.41, 5.74) is 2.83. The van der Waals surface area contributed by atoms with Crippen LogP contribution in [0.25, 0.3) is 16.3 Å². The second-order valence-corrected chi connectivity index (χ2v) is 7.61. The molecule has 0 aliphatic rings. The van der Waals surface area contributed by atoms with Crippen LogP contribution in [0.5, 0.6) is 0 Å². The number of halogens is 1. The van der Waals surface area contributed by atoms with Crippen molar-refractivity contribution in [3.05, 3.63) is 58.6 Å². The van der Waals surface area contributed by atoms with E-state index in [0.717, 1.165) is 14.7 Å². The molecule has 4 aromatic rings. The molecular formula is C17H15FN8OS2. The van der Waals surface area contributed by atoms with Gasteiger partial charge in [-0.25, -0.2) is 4.68 Å². The molecule has 148 valence electrons. The summed E-state index contributed by atoms with van der Waals surface area (Å²) in [6, 6.07) is 9.70. The average molecular weight is 430 g/mol. The fourth-order valence-electron chi connectivity index (χ4n) is 2.76. The van der Waals surface area contributed by atoms with Crippen molar-refractivity contribution in [2.24, 2.45) is 0 Å². The molecule has 1 N–H and O–H groups in total. The predicted molar refractivity (Wildman–Crippen MR) is 107 cm³/mol. The third-order valence-electron chi connectivity index (χ3n) is 4.12. The lowest BCUT2D eigenvalue weighted by atomic mass is 10.2. The summed E-state index contributed by atoms with van der Waals surface area (Å²) in [5, 5.41) is 24.4. The second kappa shape index (κ2) is 8.09. The Balaban J connectivity index is 1.44. The number of nitrogens with zero attached hydrogens (tertiary/aromatic N) is 7. The van der Waals surface area contributed by atoms with E-state index in [1.54, 1.807) is 13.8 Å². The van der Waals surface area contributed by atoms with Crippen LogP contribution < -0.4 is 5.32 Å². The Morgan fingerprint density at radius 2 is 2.00 bits per heavy atom. The van der Waals surface area contributed by atoms with Gasteiger partial charge in [-0.05, 0) is 13.8 Å². The van der Waals surface area contributed by atoms with Crippen LogP contribution in [0.3, 0.4) is 0 Å². The van der Waals surface area contributed by atoms with Crippen LogP contribution in [-0.4, -0.2) is 40.3 Å². The van der Waals surface area contributed by atoms with Crippen molar-refractivity contribution >= 4 is 29.6 Å². The van der Waals surface area contributed by atoms with Crippen molar-refractivity contribution in [3.63, 3.8) is 0 Å². The van der Waals surface area contributed by atoms with E-state index in [4.69, 9.17) is 0 Å². The van der Waals surface area contributed by atoms with Crippen molar-refractivity contribution in [2.45, 2.75) is 20.4 Å². The van der Waals surface area contributed by atoms with E-state index < -0.39 is 5.91 Å². The maximum absolute atomic E-state index is 12.9. The summed E-state index contributed by atoms with van der Waals surface area (Å²) in [6.07, 6.45) is 1.48. The molecule has 3 heterocycles. The lowest BCUT2D eigenvalue weighted by Crippen LogP contribution is -2.23. The van der Waals surface area contributed by atoms with Gasteiger partial charge in [-0.2, -0.15) is 9.19 Å². The molecule has 29 heavy (non-hydrogen) atoms. The van der Waals surface area contributed by atoms with E-state index in [9.17, 15) is 8.68 Å². The molecule has 4 rings (SSSR count). The summed E-state index contributed by atoms with van der Waals surface area (Å²) in [6.45, 7) is 3.67. The molecule has 0 aliphatic heterocycles. The molecule has 0 saturated carbocycles. The third kappa shape index (κ3) is 3.89. The van der Waals surface area contributed by atoms with Crippen LogP contribution in [0.2, 0.25) is 0 Å². The number of carbonyl (C=O) groups is 1. The molecule has 0 unspecified atom stereocenters. The van der Waals surface area contributed by atoms with E-state index in [-0.39, 0.29) is 24.6 Å². The monoisotopic (exact) mass is 430 g/mol. The summed E-state index contributed by atoms with van der Waals surface area (Å²) in [5.74, 6) is -0.393. The quantitative estimate of drug-likeness (QED) is 0.502. The van der Waals surface area contributed by atoms with Crippen molar-refractivity contribution in [1.29, 1.82) is 0 Å². The minimum atomic E-state index is -0.393. The van der Waals surface area contributed by atoms with Crippen molar-refractivity contribution < 1.29 is 8.68 Å². The Hall–Kier alpha value is -3.12. The van der Waals surface area contributed by atoms with Gasteiger partial charge in [0, 0.05) is 5.56 Å². The Morgan fingerprint density at radius 3 is 2.72 bits per heavy atom. The predicted octanol–water partition coefficient (Wildman–Crippen LogP) is 2.91. The second-order valence-electron chi connectivity index (χ2n) is 6.06. The van der Waals surface area contributed by atoms with Gasteiger partial charge in [0.05, 0.1) is 24.1 Å². The van der Waals surface area contributed by atoms with Crippen molar-refractivity contribution in [1.82, 2.24) is 39.7 Å². The van der Waals surface area contributed by atoms with Gasteiger partial charge in [-0.15, -0.1) is 19.2 Å². The number of rotatable bonds is 6. The average Bonchev–Trinajstić information content (AvgIpc) is 3.46. The molecule has 0 bridgehead atoms. The van der Waals surface area contributed by atoms with Gasteiger partial charge in [0.25, 0.3) is 5.91 Å². The summed E-state index contributed by atoms with van der Waals surface area (Å²) in [7, 11) is 0. The molecular weight excluding hydrogens is 415 g/mol. The highest BCUT2D eigenvalue weighted by molar-refractivity contribution is 7.92. The first-order valence-electron chi connectivity index (χ1n) is 8.51. The number of hydrogen-bond acceptors (Lipinski definition) is 8.